The maximum absolute atomic E-state index is 11.2. The Bertz CT molecular complexity index is 265. The van der Waals surface area contributed by atoms with Crippen LogP contribution < -0.4 is 0 Å². The van der Waals surface area contributed by atoms with Crippen molar-refractivity contribution in [2.24, 2.45) is 0 Å². The SMILES string of the molecule is C#CC(CCCC)OC(=O)CCCC(=O)O. The zero-order valence-corrected chi connectivity index (χ0v) is 9.57. The lowest BCUT2D eigenvalue weighted by Crippen LogP contribution is -2.16. The average Bonchev–Trinajstić information content (AvgIpc) is 2.23. The number of hydrogen-bond acceptors (Lipinski definition) is 3. The Hall–Kier alpha value is -1.50. The van der Waals surface area contributed by atoms with Crippen LogP contribution in [0.15, 0.2) is 0 Å². The third kappa shape index (κ3) is 7.86. The van der Waals surface area contributed by atoms with Crippen LogP contribution >= 0.6 is 0 Å². The second-order valence-corrected chi connectivity index (χ2v) is 3.53. The second-order valence-electron chi connectivity index (χ2n) is 3.53. The summed E-state index contributed by atoms with van der Waals surface area (Å²) in [7, 11) is 0. The molecule has 0 aliphatic rings. The van der Waals surface area contributed by atoms with Gasteiger partial charge < -0.3 is 9.84 Å². The first-order valence-electron chi connectivity index (χ1n) is 5.47. The molecule has 0 fully saturated rings. The summed E-state index contributed by atoms with van der Waals surface area (Å²) in [5, 5.41) is 8.39. The number of carbonyl (C=O) groups is 2. The monoisotopic (exact) mass is 226 g/mol. The van der Waals surface area contributed by atoms with Crippen molar-refractivity contribution in [3.05, 3.63) is 0 Å². The van der Waals surface area contributed by atoms with E-state index < -0.39 is 18.0 Å². The van der Waals surface area contributed by atoms with Crippen LogP contribution in [0.3, 0.4) is 0 Å². The molecular weight excluding hydrogens is 208 g/mol. The Morgan fingerprint density at radius 3 is 2.56 bits per heavy atom. The number of esters is 1. The van der Waals surface area contributed by atoms with Gasteiger partial charge in [0.05, 0.1) is 0 Å². The van der Waals surface area contributed by atoms with Crippen LogP contribution in [0.1, 0.15) is 45.4 Å². The summed E-state index contributed by atoms with van der Waals surface area (Å²) in [5.74, 6) is 1.08. The van der Waals surface area contributed by atoms with Crippen molar-refractivity contribution in [2.75, 3.05) is 0 Å². The van der Waals surface area contributed by atoms with Crippen molar-refractivity contribution < 1.29 is 19.4 Å². The fourth-order valence-corrected chi connectivity index (χ4v) is 1.17. The molecule has 0 heterocycles. The van der Waals surface area contributed by atoms with E-state index in [1.54, 1.807) is 0 Å². The van der Waals surface area contributed by atoms with Gasteiger partial charge in [0.15, 0.2) is 6.10 Å². The van der Waals surface area contributed by atoms with Gasteiger partial charge in [0, 0.05) is 12.8 Å². The fraction of sp³-hybridized carbons (Fsp3) is 0.667. The molecule has 0 saturated heterocycles. The fourth-order valence-electron chi connectivity index (χ4n) is 1.17. The van der Waals surface area contributed by atoms with Crippen LogP contribution in [0, 0.1) is 12.3 Å². The van der Waals surface area contributed by atoms with Crippen molar-refractivity contribution in [2.45, 2.75) is 51.6 Å². The number of hydrogen-bond donors (Lipinski definition) is 1. The Balaban J connectivity index is 3.75. The highest BCUT2D eigenvalue weighted by Gasteiger charge is 2.11. The van der Waals surface area contributed by atoms with E-state index in [0.717, 1.165) is 12.8 Å². The third-order valence-corrected chi connectivity index (χ3v) is 2.05. The maximum Gasteiger partial charge on any atom is 0.307 e. The number of terminal acetylenes is 1. The molecule has 1 atom stereocenters. The topological polar surface area (TPSA) is 63.6 Å². The lowest BCUT2D eigenvalue weighted by Gasteiger charge is -2.11. The number of rotatable bonds is 8. The van der Waals surface area contributed by atoms with Gasteiger partial charge >= 0.3 is 11.9 Å². The lowest BCUT2D eigenvalue weighted by molar-refractivity contribution is -0.147. The number of carboxylic acids is 1. The Morgan fingerprint density at radius 2 is 2.06 bits per heavy atom. The van der Waals surface area contributed by atoms with Gasteiger partial charge in [0.25, 0.3) is 0 Å². The normalized spacial score (nSPS) is 11.5. The van der Waals surface area contributed by atoms with E-state index >= 15 is 0 Å². The van der Waals surface area contributed by atoms with Gasteiger partial charge in [-0.1, -0.05) is 19.3 Å². The van der Waals surface area contributed by atoms with Gasteiger partial charge in [-0.3, -0.25) is 9.59 Å². The van der Waals surface area contributed by atoms with E-state index in [1.807, 2.05) is 6.92 Å². The predicted octanol–water partition coefficient (Wildman–Crippen LogP) is 1.98. The summed E-state index contributed by atoms with van der Waals surface area (Å²) in [6.45, 7) is 2.03. The average molecular weight is 226 g/mol. The number of unbranched alkanes of at least 4 members (excludes halogenated alkanes) is 1. The quantitative estimate of drug-likeness (QED) is 0.507. The first-order chi connectivity index (χ1) is 7.60. The molecule has 1 unspecified atom stereocenters. The largest absolute Gasteiger partial charge is 0.481 e. The number of carbonyl (C=O) groups excluding carboxylic acids is 1. The molecule has 4 heteroatoms. The Morgan fingerprint density at radius 1 is 1.38 bits per heavy atom. The van der Waals surface area contributed by atoms with Crippen LogP contribution in [0.25, 0.3) is 0 Å². The van der Waals surface area contributed by atoms with Gasteiger partial charge in [0.2, 0.25) is 0 Å². The third-order valence-electron chi connectivity index (χ3n) is 2.05. The summed E-state index contributed by atoms with van der Waals surface area (Å²) in [6.07, 6.45) is 7.69. The Kier molecular flexibility index (Phi) is 7.96. The molecule has 0 spiro atoms. The molecule has 4 nitrogen and oxygen atoms in total. The minimum Gasteiger partial charge on any atom is -0.481 e. The maximum atomic E-state index is 11.2. The van der Waals surface area contributed by atoms with Crippen molar-refractivity contribution in [3.63, 3.8) is 0 Å². The molecule has 0 saturated carbocycles. The van der Waals surface area contributed by atoms with Crippen LogP contribution in [-0.2, 0) is 14.3 Å². The molecule has 0 amide bonds. The molecule has 0 aromatic rings. The van der Waals surface area contributed by atoms with Gasteiger partial charge in [0.1, 0.15) is 0 Å². The van der Waals surface area contributed by atoms with E-state index in [9.17, 15) is 9.59 Å². The van der Waals surface area contributed by atoms with Crippen LogP contribution in [0.4, 0.5) is 0 Å². The summed E-state index contributed by atoms with van der Waals surface area (Å²) in [6, 6.07) is 0. The highest BCUT2D eigenvalue weighted by molar-refractivity contribution is 5.71. The molecular formula is C12H18O4. The van der Waals surface area contributed by atoms with E-state index in [2.05, 4.69) is 5.92 Å². The summed E-state index contributed by atoms with van der Waals surface area (Å²) < 4.78 is 5.02. The molecule has 0 bridgehead atoms. The van der Waals surface area contributed by atoms with Crippen molar-refractivity contribution >= 4 is 11.9 Å². The highest BCUT2D eigenvalue weighted by Crippen LogP contribution is 2.06. The minimum atomic E-state index is -0.910. The zero-order valence-electron chi connectivity index (χ0n) is 9.57. The molecule has 16 heavy (non-hydrogen) atoms. The molecule has 0 aliphatic carbocycles. The van der Waals surface area contributed by atoms with Crippen LogP contribution in [0.5, 0.6) is 0 Å². The summed E-state index contributed by atoms with van der Waals surface area (Å²) in [5.41, 5.74) is 0. The molecule has 90 valence electrons. The van der Waals surface area contributed by atoms with Gasteiger partial charge in [-0.2, -0.15) is 0 Å². The predicted molar refractivity (Wildman–Crippen MR) is 59.7 cm³/mol. The van der Waals surface area contributed by atoms with E-state index in [-0.39, 0.29) is 12.8 Å². The number of aliphatic carboxylic acids is 1. The number of ether oxygens (including phenoxy) is 1. The van der Waals surface area contributed by atoms with Crippen LogP contribution in [0.2, 0.25) is 0 Å². The highest BCUT2D eigenvalue weighted by atomic mass is 16.5. The molecule has 0 aromatic carbocycles. The van der Waals surface area contributed by atoms with Crippen molar-refractivity contribution in [1.82, 2.24) is 0 Å². The molecule has 0 aliphatic heterocycles. The first-order valence-corrected chi connectivity index (χ1v) is 5.47. The number of carboxylic acid groups (broad SMARTS) is 1. The standard InChI is InChI=1S/C12H18O4/c1-3-5-7-10(4-2)16-12(15)9-6-8-11(13)14/h2,10H,3,5-9H2,1H3,(H,13,14). The van der Waals surface area contributed by atoms with E-state index in [1.165, 1.54) is 0 Å². The van der Waals surface area contributed by atoms with Crippen molar-refractivity contribution in [1.29, 1.82) is 0 Å². The summed E-state index contributed by atoms with van der Waals surface area (Å²) in [4.78, 5) is 21.5. The molecule has 1 N–H and O–H groups in total. The summed E-state index contributed by atoms with van der Waals surface area (Å²) >= 11 is 0. The molecule has 0 aromatic heterocycles. The van der Waals surface area contributed by atoms with Gasteiger partial charge in [-0.15, -0.1) is 6.42 Å². The van der Waals surface area contributed by atoms with Crippen molar-refractivity contribution in [3.8, 4) is 12.3 Å². The van der Waals surface area contributed by atoms with E-state index in [4.69, 9.17) is 16.3 Å². The lowest BCUT2D eigenvalue weighted by atomic mass is 10.1. The smallest absolute Gasteiger partial charge is 0.307 e. The van der Waals surface area contributed by atoms with Gasteiger partial charge in [-0.05, 0) is 19.3 Å². The molecule has 0 rings (SSSR count). The molecule has 0 radical (unpaired) electrons. The van der Waals surface area contributed by atoms with Crippen LogP contribution in [-0.4, -0.2) is 23.1 Å². The first kappa shape index (κ1) is 14.5. The van der Waals surface area contributed by atoms with Gasteiger partial charge in [-0.25, -0.2) is 0 Å². The minimum absolute atomic E-state index is 0.0230. The second kappa shape index (κ2) is 8.78. The Labute approximate surface area is 96.0 Å². The van der Waals surface area contributed by atoms with E-state index in [0.29, 0.717) is 12.8 Å². The zero-order chi connectivity index (χ0) is 12.4.